The summed E-state index contributed by atoms with van der Waals surface area (Å²) in [4.78, 5) is 24.0. The number of aliphatic hydroxyl groups is 1. The quantitative estimate of drug-likeness (QED) is 0.417. The third-order valence-electron chi connectivity index (χ3n) is 4.41. The maximum absolute atomic E-state index is 11.9. The van der Waals surface area contributed by atoms with Crippen molar-refractivity contribution < 1.29 is 24.0 Å². The second kappa shape index (κ2) is 5.91. The summed E-state index contributed by atoms with van der Waals surface area (Å²) in [7, 11) is 0. The number of amides is 1. The van der Waals surface area contributed by atoms with E-state index in [9.17, 15) is 20.0 Å². The number of carbonyl (C=O) groups is 1. The first-order valence-corrected chi connectivity index (χ1v) is 7.49. The summed E-state index contributed by atoms with van der Waals surface area (Å²) in [5, 5.41) is 23.1. The van der Waals surface area contributed by atoms with Gasteiger partial charge in [-0.05, 0) is 19.9 Å². The third-order valence-corrected chi connectivity index (χ3v) is 4.41. The summed E-state index contributed by atoms with van der Waals surface area (Å²) < 4.78 is 10.2. The molecule has 0 aromatic carbocycles. The van der Waals surface area contributed by atoms with Crippen molar-refractivity contribution in [3.63, 3.8) is 0 Å². The molecule has 2 saturated heterocycles. The number of hydrogen-bond acceptors (Lipinski definition) is 7. The van der Waals surface area contributed by atoms with E-state index in [0.717, 1.165) is 0 Å². The predicted octanol–water partition coefficient (Wildman–Crippen LogP) is 0.197. The number of nitrogens with one attached hydrogen (secondary N) is 1. The van der Waals surface area contributed by atoms with Crippen molar-refractivity contribution in [2.24, 2.45) is 0 Å². The molecule has 2 fully saturated rings. The van der Waals surface area contributed by atoms with Crippen LogP contribution in [-0.4, -0.2) is 58.2 Å². The predicted molar refractivity (Wildman–Crippen MR) is 77.6 cm³/mol. The molecule has 1 amide bonds. The highest BCUT2D eigenvalue weighted by molar-refractivity contribution is 5.83. The third kappa shape index (κ3) is 3.36. The summed E-state index contributed by atoms with van der Waals surface area (Å²) in [6.07, 6.45) is -1.98. The van der Waals surface area contributed by atoms with Gasteiger partial charge < -0.3 is 19.6 Å². The Bertz CT molecular complexity index is 609. The highest BCUT2D eigenvalue weighted by atomic mass is 16.7. The molecule has 23 heavy (non-hydrogen) atoms. The van der Waals surface area contributed by atoms with E-state index in [1.807, 2.05) is 0 Å². The Balaban J connectivity index is 1.42. The van der Waals surface area contributed by atoms with Crippen LogP contribution < -0.4 is 5.32 Å². The van der Waals surface area contributed by atoms with Crippen LogP contribution in [0.3, 0.4) is 0 Å². The molecule has 1 aromatic heterocycles. The molecule has 2 aliphatic rings. The number of aliphatic hydroxyl groups excluding tert-OH is 1. The minimum absolute atomic E-state index is 0.139. The van der Waals surface area contributed by atoms with E-state index in [4.69, 9.17) is 9.15 Å². The van der Waals surface area contributed by atoms with Crippen LogP contribution in [0.25, 0.3) is 0 Å². The Labute approximate surface area is 132 Å². The summed E-state index contributed by atoms with van der Waals surface area (Å²) in [5.41, 5.74) is 0. The standard InChI is InChI=1S/C14H19N3O6/c1-7-8(2)16(7)6-9(18)5-15-14(19)13-12(23-13)10-3-4-11(22-10)17(20)21/h3-4,7-9,12-13,18H,5-6H2,1-2H3,(H,15,19)/t7-,8+,9?,12?,13?,16?. The fourth-order valence-corrected chi connectivity index (χ4v) is 2.66. The lowest BCUT2D eigenvalue weighted by molar-refractivity contribution is -0.402. The highest BCUT2D eigenvalue weighted by Gasteiger charge is 2.49. The first-order chi connectivity index (χ1) is 10.9. The van der Waals surface area contributed by atoms with Gasteiger partial charge in [-0.2, -0.15) is 0 Å². The van der Waals surface area contributed by atoms with E-state index in [-0.39, 0.29) is 24.1 Å². The molecule has 4 unspecified atom stereocenters. The Morgan fingerprint density at radius 3 is 2.74 bits per heavy atom. The molecule has 0 radical (unpaired) electrons. The maximum Gasteiger partial charge on any atom is 0.433 e. The molecule has 0 aliphatic carbocycles. The van der Waals surface area contributed by atoms with Crippen LogP contribution in [0.2, 0.25) is 0 Å². The molecule has 9 heteroatoms. The molecule has 0 spiro atoms. The number of β-amino-alcohol motifs (C(OH)–C–C–N with tert-alkyl or cyclic N) is 1. The summed E-state index contributed by atoms with van der Waals surface area (Å²) in [6, 6.07) is 3.58. The molecular weight excluding hydrogens is 306 g/mol. The average Bonchev–Trinajstić information content (AvgIpc) is 3.34. The van der Waals surface area contributed by atoms with E-state index in [1.54, 1.807) is 0 Å². The average molecular weight is 325 g/mol. The molecule has 0 saturated carbocycles. The molecule has 126 valence electrons. The maximum atomic E-state index is 11.9. The van der Waals surface area contributed by atoms with Crippen molar-refractivity contribution in [1.82, 2.24) is 10.2 Å². The van der Waals surface area contributed by atoms with Crippen molar-refractivity contribution in [3.8, 4) is 0 Å². The summed E-state index contributed by atoms with van der Waals surface area (Å²) in [6.45, 7) is 4.82. The van der Waals surface area contributed by atoms with E-state index < -0.39 is 23.2 Å². The fourth-order valence-electron chi connectivity index (χ4n) is 2.66. The van der Waals surface area contributed by atoms with Gasteiger partial charge >= 0.3 is 5.88 Å². The van der Waals surface area contributed by atoms with Crippen molar-refractivity contribution in [1.29, 1.82) is 0 Å². The monoisotopic (exact) mass is 325 g/mol. The number of nitro groups is 1. The van der Waals surface area contributed by atoms with Gasteiger partial charge in [0.1, 0.15) is 10.7 Å². The van der Waals surface area contributed by atoms with E-state index in [2.05, 4.69) is 24.1 Å². The molecule has 3 rings (SSSR count). The number of ether oxygens (including phenoxy) is 1. The van der Waals surface area contributed by atoms with Crippen molar-refractivity contribution >= 4 is 11.8 Å². The number of carbonyl (C=O) groups excluding carboxylic acids is 1. The minimum Gasteiger partial charge on any atom is -0.403 e. The SMILES string of the molecule is C[C@@H]1[C@H](C)N1CC(O)CNC(=O)C1OC1c1ccc([N+](=O)[O-])o1. The van der Waals surface area contributed by atoms with Gasteiger partial charge in [-0.1, -0.05) is 0 Å². The second-order valence-electron chi connectivity index (χ2n) is 5.99. The van der Waals surface area contributed by atoms with Gasteiger partial charge in [-0.25, -0.2) is 0 Å². The lowest BCUT2D eigenvalue weighted by atomic mass is 10.2. The molecule has 1 aromatic rings. The van der Waals surface area contributed by atoms with Crippen LogP contribution >= 0.6 is 0 Å². The highest BCUT2D eigenvalue weighted by Crippen LogP contribution is 2.40. The minimum atomic E-state index is -0.730. The molecule has 6 atom stereocenters. The van der Waals surface area contributed by atoms with Crippen molar-refractivity contribution in [3.05, 3.63) is 28.0 Å². The number of hydrogen-bond donors (Lipinski definition) is 2. The van der Waals surface area contributed by atoms with Gasteiger partial charge in [-0.3, -0.25) is 19.8 Å². The van der Waals surface area contributed by atoms with Crippen LogP contribution in [0, 0.1) is 10.1 Å². The van der Waals surface area contributed by atoms with Gasteiger partial charge in [0.2, 0.25) is 0 Å². The van der Waals surface area contributed by atoms with Gasteiger partial charge in [0.15, 0.2) is 12.2 Å². The fraction of sp³-hybridized carbons (Fsp3) is 0.643. The van der Waals surface area contributed by atoms with Crippen LogP contribution in [0.1, 0.15) is 25.7 Å². The lowest BCUT2D eigenvalue weighted by Crippen LogP contribution is -2.38. The Hall–Kier alpha value is -1.97. The molecule has 2 N–H and O–H groups in total. The number of furan rings is 1. The topological polar surface area (TPSA) is 121 Å². The molecule has 2 aliphatic heterocycles. The van der Waals surface area contributed by atoms with Gasteiger partial charge in [-0.15, -0.1) is 0 Å². The molecule has 3 heterocycles. The summed E-state index contributed by atoms with van der Waals surface area (Å²) in [5.74, 6) is -0.490. The van der Waals surface area contributed by atoms with Crippen LogP contribution in [0.15, 0.2) is 16.5 Å². The van der Waals surface area contributed by atoms with Gasteiger partial charge in [0.05, 0.1) is 12.2 Å². The van der Waals surface area contributed by atoms with E-state index in [1.165, 1.54) is 12.1 Å². The van der Waals surface area contributed by atoms with E-state index in [0.29, 0.717) is 18.6 Å². The Morgan fingerprint density at radius 1 is 1.48 bits per heavy atom. The second-order valence-corrected chi connectivity index (χ2v) is 5.99. The Kier molecular flexibility index (Phi) is 4.09. The molecular formula is C14H19N3O6. The van der Waals surface area contributed by atoms with Gasteiger partial charge in [0.25, 0.3) is 5.91 Å². The lowest BCUT2D eigenvalue weighted by Gasteiger charge is -2.12. The van der Waals surface area contributed by atoms with Crippen LogP contribution in [0.4, 0.5) is 5.88 Å². The van der Waals surface area contributed by atoms with Crippen LogP contribution in [-0.2, 0) is 9.53 Å². The normalized spacial score (nSPS) is 33.1. The van der Waals surface area contributed by atoms with E-state index >= 15 is 0 Å². The van der Waals surface area contributed by atoms with Crippen molar-refractivity contribution in [2.75, 3.05) is 13.1 Å². The number of rotatable bonds is 7. The zero-order valence-electron chi connectivity index (χ0n) is 12.8. The molecule has 9 nitrogen and oxygen atoms in total. The van der Waals surface area contributed by atoms with Gasteiger partial charge in [0, 0.05) is 25.2 Å². The molecule has 0 bridgehead atoms. The zero-order chi connectivity index (χ0) is 16.7. The smallest absolute Gasteiger partial charge is 0.403 e. The largest absolute Gasteiger partial charge is 0.433 e. The number of nitrogens with zero attached hydrogens (tertiary/aromatic N) is 2. The zero-order valence-corrected chi connectivity index (χ0v) is 12.8. The summed E-state index contributed by atoms with van der Waals surface area (Å²) >= 11 is 0. The Morgan fingerprint density at radius 2 is 2.17 bits per heavy atom. The van der Waals surface area contributed by atoms with Crippen LogP contribution in [0.5, 0.6) is 0 Å². The first kappa shape index (κ1) is 15.9. The van der Waals surface area contributed by atoms with Crippen molar-refractivity contribution in [2.45, 2.75) is 44.2 Å². The first-order valence-electron chi connectivity index (χ1n) is 7.49. The number of epoxide rings is 1.